The highest BCUT2D eigenvalue weighted by atomic mass is 16.3. The fourth-order valence-corrected chi connectivity index (χ4v) is 12.0. The number of benzene rings is 12. The summed E-state index contributed by atoms with van der Waals surface area (Å²) < 4.78 is 17.7. The van der Waals surface area contributed by atoms with Crippen LogP contribution in [0.1, 0.15) is 0 Å². The summed E-state index contributed by atoms with van der Waals surface area (Å²) in [5.41, 5.74) is 17.4. The molecule has 4 nitrogen and oxygen atoms in total. The van der Waals surface area contributed by atoms with Crippen molar-refractivity contribution in [3.05, 3.63) is 243 Å². The molecule has 0 saturated carbocycles. The summed E-state index contributed by atoms with van der Waals surface area (Å²) in [5, 5.41) is 14.3. The van der Waals surface area contributed by atoms with Crippen molar-refractivity contribution in [2.24, 2.45) is 0 Å². The minimum Gasteiger partial charge on any atom is -0.456 e. The number of fused-ring (bicyclic) bond motifs is 15. The van der Waals surface area contributed by atoms with E-state index in [1.165, 1.54) is 65.4 Å². The van der Waals surface area contributed by atoms with E-state index >= 15 is 0 Å². The average Bonchev–Trinajstić information content (AvgIpc) is 4.20. The van der Waals surface area contributed by atoms with Crippen LogP contribution < -0.4 is 0 Å². The van der Waals surface area contributed by atoms with E-state index in [0.29, 0.717) is 0 Å². The maximum absolute atomic E-state index is 6.61. The molecule has 16 aromatic rings. The predicted molar refractivity (Wildman–Crippen MR) is 301 cm³/mol. The molecule has 0 bridgehead atoms. The quantitative estimate of drug-likeness (QED) is 0.172. The third-order valence-electron chi connectivity index (χ3n) is 15.3. The van der Waals surface area contributed by atoms with Crippen molar-refractivity contribution in [1.29, 1.82) is 0 Å². The molecule has 12 aromatic carbocycles. The molecule has 0 N–H and O–H groups in total. The molecule has 0 aliphatic heterocycles. The van der Waals surface area contributed by atoms with Crippen LogP contribution in [0.5, 0.6) is 0 Å². The number of aromatic nitrogens is 2. The van der Waals surface area contributed by atoms with Crippen LogP contribution in [0.15, 0.2) is 251 Å². The van der Waals surface area contributed by atoms with Crippen LogP contribution in [0.4, 0.5) is 0 Å². The van der Waals surface area contributed by atoms with Gasteiger partial charge in [-0.3, -0.25) is 0 Å². The van der Waals surface area contributed by atoms with Gasteiger partial charge in [0, 0.05) is 59.7 Å². The summed E-state index contributed by atoms with van der Waals surface area (Å²) in [5.74, 6) is 0. The Bertz CT molecular complexity index is 4920. The number of furan rings is 2. The third kappa shape index (κ3) is 5.69. The predicted octanol–water partition coefficient (Wildman–Crippen LogP) is 19.0. The second kappa shape index (κ2) is 14.9. The van der Waals surface area contributed by atoms with Crippen LogP contribution in [-0.4, -0.2) is 9.13 Å². The zero-order valence-corrected chi connectivity index (χ0v) is 38.8. The van der Waals surface area contributed by atoms with Crippen LogP contribution in [-0.2, 0) is 0 Å². The molecular weight excluding hydrogens is 877 g/mol. The number of nitrogens with zero attached hydrogens (tertiary/aromatic N) is 2. The molecule has 4 heteroatoms. The molecular formula is C68H40N2O2. The summed E-state index contributed by atoms with van der Waals surface area (Å²) in [6.45, 7) is 0. The Morgan fingerprint density at radius 1 is 0.264 bits per heavy atom. The summed E-state index contributed by atoms with van der Waals surface area (Å²) in [6, 6.07) is 88.3. The second-order valence-electron chi connectivity index (χ2n) is 19.2. The minimum absolute atomic E-state index is 0.897. The number of hydrogen-bond donors (Lipinski definition) is 0. The van der Waals surface area contributed by atoms with E-state index in [4.69, 9.17) is 8.83 Å². The van der Waals surface area contributed by atoms with E-state index in [1.54, 1.807) is 0 Å². The van der Waals surface area contributed by atoms with Crippen molar-refractivity contribution in [1.82, 2.24) is 9.13 Å². The van der Waals surface area contributed by atoms with Crippen molar-refractivity contribution in [2.75, 3.05) is 0 Å². The normalized spacial score (nSPS) is 12.2. The Labute approximate surface area is 412 Å². The van der Waals surface area contributed by atoms with Gasteiger partial charge >= 0.3 is 0 Å². The van der Waals surface area contributed by atoms with E-state index < -0.39 is 0 Å². The van der Waals surface area contributed by atoms with Crippen molar-refractivity contribution >= 4 is 109 Å². The minimum atomic E-state index is 0.897. The Morgan fingerprint density at radius 3 is 1.54 bits per heavy atom. The fraction of sp³-hybridized carbons (Fsp3) is 0. The van der Waals surface area contributed by atoms with Gasteiger partial charge in [0.25, 0.3) is 0 Å². The lowest BCUT2D eigenvalue weighted by Crippen LogP contribution is -1.95. The lowest BCUT2D eigenvalue weighted by molar-refractivity contribution is 0.669. The van der Waals surface area contributed by atoms with Crippen molar-refractivity contribution in [3.63, 3.8) is 0 Å². The molecule has 4 aromatic heterocycles. The number of hydrogen-bond acceptors (Lipinski definition) is 2. The van der Waals surface area contributed by atoms with Gasteiger partial charge in [-0.1, -0.05) is 158 Å². The zero-order valence-electron chi connectivity index (χ0n) is 38.8. The molecule has 0 saturated heterocycles. The average molecular weight is 917 g/mol. The van der Waals surface area contributed by atoms with E-state index in [1.807, 2.05) is 18.2 Å². The van der Waals surface area contributed by atoms with E-state index in [0.717, 1.165) is 88.4 Å². The Balaban J connectivity index is 0.897. The fourth-order valence-electron chi connectivity index (χ4n) is 12.0. The van der Waals surface area contributed by atoms with Gasteiger partial charge in [0.2, 0.25) is 0 Å². The standard InChI is InChI=1S/C68H40N2O2/c1-3-14-49-42(11-1)13-9-20-59(49)70-62-33-27-46(39-58(62)67-50-15-4-2-12-43(50)25-35-63(67)70)45-26-32-60-55(37-45)56-40-47(51-18-10-19-54-52-16-5-8-22-65(52)72-68(51)54)28-34-61(56)69(60)48-30-23-41(24-31-48)44-29-36-66-57(38-44)53-17-6-7-21-64(53)71-66/h1-40H. The SMILES string of the molecule is c1ccc2c(-n3c4ccc(-c5ccc6c(c5)c5cc(-c7cccc8c7oc7ccccc78)ccc5n6-c5ccc(-c6ccc7oc8ccccc8c7c6)cc5)cc4c4c5ccccc5ccc43)cccc2c1. The summed E-state index contributed by atoms with van der Waals surface area (Å²) >= 11 is 0. The largest absolute Gasteiger partial charge is 0.456 e. The molecule has 0 unspecified atom stereocenters. The van der Waals surface area contributed by atoms with Gasteiger partial charge < -0.3 is 18.0 Å². The van der Waals surface area contributed by atoms with Gasteiger partial charge in [-0.2, -0.15) is 0 Å². The number of rotatable bonds is 5. The molecule has 16 rings (SSSR count). The maximum atomic E-state index is 6.61. The first-order valence-electron chi connectivity index (χ1n) is 24.6. The van der Waals surface area contributed by atoms with Crippen LogP contribution in [0, 0.1) is 0 Å². The first-order chi connectivity index (χ1) is 35.7. The number of para-hydroxylation sites is 3. The molecule has 0 fully saturated rings. The molecule has 4 heterocycles. The smallest absolute Gasteiger partial charge is 0.143 e. The van der Waals surface area contributed by atoms with E-state index in [-0.39, 0.29) is 0 Å². The summed E-state index contributed by atoms with van der Waals surface area (Å²) in [4.78, 5) is 0. The highest BCUT2D eigenvalue weighted by molar-refractivity contribution is 6.23. The molecule has 0 aliphatic carbocycles. The van der Waals surface area contributed by atoms with Gasteiger partial charge in [-0.25, -0.2) is 0 Å². The monoisotopic (exact) mass is 916 g/mol. The highest BCUT2D eigenvalue weighted by Gasteiger charge is 2.21. The first kappa shape index (κ1) is 39.2. The van der Waals surface area contributed by atoms with Crippen LogP contribution in [0.3, 0.4) is 0 Å². The van der Waals surface area contributed by atoms with Gasteiger partial charge in [-0.15, -0.1) is 0 Å². The molecule has 0 aliphatic rings. The Hall–Kier alpha value is -9.64. The highest BCUT2D eigenvalue weighted by Crippen LogP contribution is 2.44. The van der Waals surface area contributed by atoms with Crippen LogP contribution in [0.25, 0.3) is 154 Å². The lowest BCUT2D eigenvalue weighted by Gasteiger charge is -2.12. The maximum Gasteiger partial charge on any atom is 0.143 e. The van der Waals surface area contributed by atoms with Crippen LogP contribution >= 0.6 is 0 Å². The summed E-state index contributed by atoms with van der Waals surface area (Å²) in [7, 11) is 0. The van der Waals surface area contributed by atoms with Crippen LogP contribution in [0.2, 0.25) is 0 Å². The van der Waals surface area contributed by atoms with Gasteiger partial charge in [0.15, 0.2) is 0 Å². The van der Waals surface area contributed by atoms with Crippen molar-refractivity contribution in [3.8, 4) is 44.8 Å². The van der Waals surface area contributed by atoms with E-state index in [9.17, 15) is 0 Å². The third-order valence-corrected chi connectivity index (χ3v) is 15.3. The molecule has 0 amide bonds. The Kier molecular flexibility index (Phi) is 8.14. The molecule has 0 radical (unpaired) electrons. The second-order valence-corrected chi connectivity index (χ2v) is 19.2. The van der Waals surface area contributed by atoms with E-state index in [2.05, 4.69) is 234 Å². The van der Waals surface area contributed by atoms with Gasteiger partial charge in [0.05, 0.1) is 27.8 Å². The molecule has 334 valence electrons. The lowest BCUT2D eigenvalue weighted by atomic mass is 9.98. The van der Waals surface area contributed by atoms with Crippen molar-refractivity contribution < 1.29 is 8.83 Å². The zero-order chi connectivity index (χ0) is 47.0. The first-order valence-corrected chi connectivity index (χ1v) is 24.6. The topological polar surface area (TPSA) is 36.1 Å². The molecule has 0 spiro atoms. The summed E-state index contributed by atoms with van der Waals surface area (Å²) in [6.07, 6.45) is 0. The molecule has 0 atom stereocenters. The van der Waals surface area contributed by atoms with Crippen molar-refractivity contribution in [2.45, 2.75) is 0 Å². The van der Waals surface area contributed by atoms with Gasteiger partial charge in [-0.05, 0) is 129 Å². The molecule has 72 heavy (non-hydrogen) atoms. The van der Waals surface area contributed by atoms with Gasteiger partial charge in [0.1, 0.15) is 22.3 Å². The Morgan fingerprint density at radius 2 is 0.764 bits per heavy atom.